The van der Waals surface area contributed by atoms with E-state index in [1.807, 2.05) is 6.21 Å². The van der Waals surface area contributed by atoms with Gasteiger partial charge in [-0.25, -0.2) is 0 Å². The summed E-state index contributed by atoms with van der Waals surface area (Å²) in [5.74, 6) is -0.779. The standard InChI is InChI=1S/C25H37NO8/c1-12(27)34-11-22-7-6-16(31-3)24-14-8-13-15(30-2)9-23(28,17(14)18(13)32-4)25(29,21(24)26-10-22)20(33-5)19(22)24/h10,13-21,28-29H,6-9,11H2,1-5H3/t13-,14-,15+,16+,17-,18+,19-,20+,21-,22+,23-,24+,25+/m1/s1. The molecule has 0 radical (unpaired) electrons. The molecule has 6 aliphatic rings. The Bertz CT molecular complexity index is 913. The number of ether oxygens (including phenoxy) is 5. The second-order valence-electron chi connectivity index (χ2n) is 11.6. The van der Waals surface area contributed by atoms with Gasteiger partial charge in [-0.15, -0.1) is 0 Å². The van der Waals surface area contributed by atoms with Gasteiger partial charge in [0.25, 0.3) is 0 Å². The predicted molar refractivity (Wildman–Crippen MR) is 119 cm³/mol. The first-order valence-electron chi connectivity index (χ1n) is 12.4. The summed E-state index contributed by atoms with van der Waals surface area (Å²) >= 11 is 0. The lowest BCUT2D eigenvalue weighted by molar-refractivity contribution is -0.293. The number of hydrogen-bond donors (Lipinski definition) is 2. The van der Waals surface area contributed by atoms with Crippen molar-refractivity contribution in [3.05, 3.63) is 0 Å². The summed E-state index contributed by atoms with van der Waals surface area (Å²) < 4.78 is 29.9. The van der Waals surface area contributed by atoms with Gasteiger partial charge in [-0.2, -0.15) is 0 Å². The van der Waals surface area contributed by atoms with Gasteiger partial charge in [0, 0.05) is 76.6 Å². The van der Waals surface area contributed by atoms with Crippen LogP contribution in [0.5, 0.6) is 0 Å². The average molecular weight is 480 g/mol. The van der Waals surface area contributed by atoms with Crippen LogP contribution < -0.4 is 0 Å². The summed E-state index contributed by atoms with van der Waals surface area (Å²) in [4.78, 5) is 16.9. The molecule has 7 bridgehead atoms. The van der Waals surface area contributed by atoms with Crippen LogP contribution in [0.15, 0.2) is 4.99 Å². The molecule has 1 heterocycles. The molecule has 5 aliphatic carbocycles. The SMILES string of the molecule is CO[C@H]1[C@@H]2C[C@@H]3[C@H]1[C@](O)(C[C@@H]2OC)[C@@]1(O)[C@@H]2N=C[C@]4(COC(C)=O)CC[C@H](OC)[C@]32[C@@H]4[C@@H]1OC. The summed E-state index contributed by atoms with van der Waals surface area (Å²) in [5.41, 5.74) is -4.35. The third-order valence-electron chi connectivity index (χ3n) is 11.0. The van der Waals surface area contributed by atoms with Gasteiger partial charge in [-0.05, 0) is 25.2 Å². The van der Waals surface area contributed by atoms with Crippen LogP contribution in [0.2, 0.25) is 0 Å². The van der Waals surface area contributed by atoms with Gasteiger partial charge in [-0.3, -0.25) is 9.79 Å². The normalized spacial score (nSPS) is 58.1. The van der Waals surface area contributed by atoms with Crippen molar-refractivity contribution in [2.75, 3.05) is 35.0 Å². The molecule has 34 heavy (non-hydrogen) atoms. The van der Waals surface area contributed by atoms with E-state index in [0.29, 0.717) is 12.8 Å². The van der Waals surface area contributed by atoms with E-state index in [0.717, 1.165) is 12.8 Å². The monoisotopic (exact) mass is 479 g/mol. The zero-order valence-electron chi connectivity index (χ0n) is 20.6. The quantitative estimate of drug-likeness (QED) is 0.532. The number of fused-ring (bicyclic) bond motifs is 2. The van der Waals surface area contributed by atoms with E-state index in [1.54, 1.807) is 28.4 Å². The van der Waals surface area contributed by atoms with Gasteiger partial charge in [0.2, 0.25) is 0 Å². The topological polar surface area (TPSA) is 116 Å². The van der Waals surface area contributed by atoms with Crippen LogP contribution >= 0.6 is 0 Å². The first-order valence-corrected chi connectivity index (χ1v) is 12.4. The molecule has 9 heteroatoms. The van der Waals surface area contributed by atoms with Crippen molar-refractivity contribution in [3.8, 4) is 0 Å². The highest BCUT2D eigenvalue weighted by Gasteiger charge is 2.90. The van der Waals surface area contributed by atoms with Crippen LogP contribution in [0.1, 0.15) is 32.6 Å². The highest BCUT2D eigenvalue weighted by atomic mass is 16.5. The zero-order valence-corrected chi connectivity index (χ0v) is 20.6. The summed E-state index contributed by atoms with van der Waals surface area (Å²) in [6, 6.07) is -0.594. The van der Waals surface area contributed by atoms with Gasteiger partial charge >= 0.3 is 5.97 Å². The Morgan fingerprint density at radius 2 is 1.88 bits per heavy atom. The van der Waals surface area contributed by atoms with Crippen molar-refractivity contribution >= 4 is 12.2 Å². The van der Waals surface area contributed by atoms with Crippen LogP contribution in [-0.4, -0.2) is 99.1 Å². The number of esters is 1. The van der Waals surface area contributed by atoms with Crippen LogP contribution in [0.25, 0.3) is 0 Å². The fraction of sp³-hybridized carbons (Fsp3) is 0.920. The molecule has 5 fully saturated rings. The minimum atomic E-state index is -1.66. The number of rotatable bonds is 6. The predicted octanol–water partition coefficient (Wildman–Crippen LogP) is 0.591. The maximum absolute atomic E-state index is 12.8. The number of aliphatic imine (C=N–C) groups is 1. The lowest BCUT2D eigenvalue weighted by Gasteiger charge is -2.65. The molecular formula is C25H37NO8. The number of hydrogen-bond acceptors (Lipinski definition) is 9. The van der Waals surface area contributed by atoms with Crippen LogP contribution in [-0.2, 0) is 28.5 Å². The van der Waals surface area contributed by atoms with Crippen LogP contribution in [0, 0.1) is 34.5 Å². The first kappa shape index (κ1) is 23.3. The third kappa shape index (κ3) is 2.25. The molecule has 0 amide bonds. The molecule has 2 N–H and O–H groups in total. The van der Waals surface area contributed by atoms with E-state index in [-0.39, 0.29) is 54.6 Å². The summed E-state index contributed by atoms with van der Waals surface area (Å²) in [5, 5.41) is 25.3. The Labute approximate surface area is 200 Å². The summed E-state index contributed by atoms with van der Waals surface area (Å²) in [7, 11) is 6.67. The minimum absolute atomic E-state index is 0.0116. The smallest absolute Gasteiger partial charge is 0.302 e. The molecule has 190 valence electrons. The fourth-order valence-electron chi connectivity index (χ4n) is 10.2. The van der Waals surface area contributed by atoms with Crippen molar-refractivity contribution in [2.45, 2.75) is 74.3 Å². The third-order valence-corrected chi connectivity index (χ3v) is 11.0. The van der Waals surface area contributed by atoms with E-state index in [4.69, 9.17) is 28.7 Å². The molecule has 0 aromatic rings. The van der Waals surface area contributed by atoms with Crippen LogP contribution in [0.3, 0.4) is 0 Å². The molecule has 1 spiro atoms. The second-order valence-corrected chi connectivity index (χ2v) is 11.6. The van der Waals surface area contributed by atoms with Gasteiger partial charge in [-0.1, -0.05) is 0 Å². The Kier molecular flexibility index (Phi) is 4.96. The Balaban J connectivity index is 1.62. The number of carbonyl (C=O) groups is 1. The lowest BCUT2D eigenvalue weighted by Crippen LogP contribution is -2.77. The first-order chi connectivity index (χ1) is 16.2. The summed E-state index contributed by atoms with van der Waals surface area (Å²) in [6.07, 6.45) is 3.06. The van der Waals surface area contributed by atoms with Gasteiger partial charge in [0.1, 0.15) is 17.8 Å². The number of nitrogens with zero attached hydrogens (tertiary/aromatic N) is 1. The molecule has 5 saturated carbocycles. The second kappa shape index (κ2) is 7.23. The average Bonchev–Trinajstić information content (AvgIpc) is 3.22. The molecule has 0 unspecified atom stereocenters. The minimum Gasteiger partial charge on any atom is -0.465 e. The van der Waals surface area contributed by atoms with Crippen molar-refractivity contribution < 1.29 is 38.7 Å². The fourth-order valence-corrected chi connectivity index (χ4v) is 10.2. The Morgan fingerprint density at radius 1 is 1.12 bits per heavy atom. The van der Waals surface area contributed by atoms with Gasteiger partial charge < -0.3 is 33.9 Å². The van der Waals surface area contributed by atoms with Gasteiger partial charge in [0.15, 0.2) is 0 Å². The maximum atomic E-state index is 12.8. The molecule has 1 aliphatic heterocycles. The van der Waals surface area contributed by atoms with Gasteiger partial charge in [0.05, 0.1) is 30.5 Å². The van der Waals surface area contributed by atoms with Crippen molar-refractivity contribution in [2.24, 2.45) is 39.5 Å². The van der Waals surface area contributed by atoms with E-state index in [9.17, 15) is 15.0 Å². The van der Waals surface area contributed by atoms with Crippen LogP contribution in [0.4, 0.5) is 0 Å². The van der Waals surface area contributed by atoms with Crippen molar-refractivity contribution in [1.29, 1.82) is 0 Å². The van der Waals surface area contributed by atoms with Crippen molar-refractivity contribution in [1.82, 2.24) is 0 Å². The molecule has 13 atom stereocenters. The largest absolute Gasteiger partial charge is 0.465 e. The highest BCUT2D eigenvalue weighted by molar-refractivity contribution is 5.73. The molecule has 0 aromatic heterocycles. The molecule has 9 nitrogen and oxygen atoms in total. The molecule has 6 rings (SSSR count). The zero-order chi connectivity index (χ0) is 24.3. The Hall–Kier alpha value is -1.10. The summed E-state index contributed by atoms with van der Waals surface area (Å²) in [6.45, 7) is 1.58. The Morgan fingerprint density at radius 3 is 2.50 bits per heavy atom. The molecule has 0 aromatic carbocycles. The van der Waals surface area contributed by atoms with E-state index in [1.165, 1.54) is 6.92 Å². The van der Waals surface area contributed by atoms with E-state index < -0.39 is 34.2 Å². The number of carbonyl (C=O) groups excluding carboxylic acids is 1. The number of methoxy groups -OCH3 is 4. The lowest BCUT2D eigenvalue weighted by atomic mass is 9.44. The number of aliphatic hydroxyl groups is 2. The highest BCUT2D eigenvalue weighted by Crippen LogP contribution is 2.79. The van der Waals surface area contributed by atoms with E-state index >= 15 is 0 Å². The molecular weight excluding hydrogens is 442 g/mol. The molecule has 0 saturated heterocycles. The van der Waals surface area contributed by atoms with Crippen molar-refractivity contribution in [3.63, 3.8) is 0 Å². The maximum Gasteiger partial charge on any atom is 0.302 e. The van der Waals surface area contributed by atoms with E-state index in [2.05, 4.69) is 0 Å².